The predicted molar refractivity (Wildman–Crippen MR) is 90.2 cm³/mol. The lowest BCUT2D eigenvalue weighted by atomic mass is 10.1. The van der Waals surface area contributed by atoms with Crippen molar-refractivity contribution in [1.82, 2.24) is 10.3 Å². The van der Waals surface area contributed by atoms with Gasteiger partial charge in [0.1, 0.15) is 0 Å². The van der Waals surface area contributed by atoms with E-state index >= 15 is 0 Å². The second-order valence-electron chi connectivity index (χ2n) is 4.81. The largest absolute Gasteiger partial charge is 0.452 e. The van der Waals surface area contributed by atoms with Crippen LogP contribution in [0.4, 0.5) is 0 Å². The summed E-state index contributed by atoms with van der Waals surface area (Å²) in [7, 11) is 0. The van der Waals surface area contributed by atoms with Crippen LogP contribution in [0.5, 0.6) is 0 Å². The first-order valence-corrected chi connectivity index (χ1v) is 7.95. The van der Waals surface area contributed by atoms with Crippen molar-refractivity contribution in [3.8, 4) is 0 Å². The van der Waals surface area contributed by atoms with E-state index in [1.807, 2.05) is 19.1 Å². The molecule has 1 heterocycles. The van der Waals surface area contributed by atoms with Crippen molar-refractivity contribution in [2.24, 2.45) is 0 Å². The molecule has 0 aliphatic carbocycles. The first-order valence-electron chi connectivity index (χ1n) is 6.78. The molecule has 1 amide bonds. The fourth-order valence-corrected chi connectivity index (χ4v) is 2.35. The van der Waals surface area contributed by atoms with Gasteiger partial charge in [-0.1, -0.05) is 23.7 Å². The van der Waals surface area contributed by atoms with Crippen LogP contribution in [0.15, 0.2) is 47.2 Å². The normalized spacial score (nSPS) is 11.6. The number of esters is 1. The third-order valence-electron chi connectivity index (χ3n) is 3.02. The topological polar surface area (TPSA) is 68.3 Å². The summed E-state index contributed by atoms with van der Waals surface area (Å²) in [6.45, 7) is 1.48. The Morgan fingerprint density at radius 3 is 2.65 bits per heavy atom. The third kappa shape index (κ3) is 5.33. The molecule has 1 aromatic carbocycles. The van der Waals surface area contributed by atoms with Gasteiger partial charge < -0.3 is 10.1 Å². The number of pyridine rings is 1. The van der Waals surface area contributed by atoms with Crippen molar-refractivity contribution in [3.63, 3.8) is 0 Å². The summed E-state index contributed by atoms with van der Waals surface area (Å²) in [5.41, 5.74) is 1.18. The van der Waals surface area contributed by atoms with E-state index in [9.17, 15) is 9.59 Å². The van der Waals surface area contributed by atoms with Crippen LogP contribution in [0.2, 0.25) is 5.02 Å². The highest BCUT2D eigenvalue weighted by Crippen LogP contribution is 2.16. The van der Waals surface area contributed by atoms with Crippen LogP contribution >= 0.6 is 27.5 Å². The number of benzene rings is 1. The molecule has 0 saturated heterocycles. The van der Waals surface area contributed by atoms with Crippen LogP contribution in [0.25, 0.3) is 0 Å². The third-order valence-corrected chi connectivity index (χ3v) is 3.71. The summed E-state index contributed by atoms with van der Waals surface area (Å²) in [5.74, 6) is -0.989. The molecule has 7 heteroatoms. The smallest absolute Gasteiger partial charge is 0.340 e. The molecular weight excluding hydrogens is 384 g/mol. The molecular formula is C16H14BrClN2O3. The van der Waals surface area contributed by atoms with Crippen molar-refractivity contribution in [3.05, 3.63) is 63.3 Å². The molecule has 1 aromatic heterocycles. The van der Waals surface area contributed by atoms with Crippen LogP contribution in [0.1, 0.15) is 28.9 Å². The summed E-state index contributed by atoms with van der Waals surface area (Å²) in [5, 5.41) is 3.38. The molecule has 0 fully saturated rings. The average Bonchev–Trinajstić information content (AvgIpc) is 2.53. The van der Waals surface area contributed by atoms with E-state index in [2.05, 4.69) is 26.2 Å². The maximum atomic E-state index is 11.9. The molecule has 0 bridgehead atoms. The highest BCUT2D eigenvalue weighted by atomic mass is 79.9. The molecule has 23 heavy (non-hydrogen) atoms. The summed E-state index contributed by atoms with van der Waals surface area (Å²) < 4.78 is 5.63. The zero-order valence-electron chi connectivity index (χ0n) is 12.3. The monoisotopic (exact) mass is 396 g/mol. The van der Waals surface area contributed by atoms with Gasteiger partial charge in [0.05, 0.1) is 11.6 Å². The Hall–Kier alpha value is -1.92. The number of hydrogen-bond acceptors (Lipinski definition) is 4. The standard InChI is InChI=1S/C16H14BrClN2O3/c1-10(11-2-4-14(18)5-3-11)20-15(21)9-23-16(22)12-6-13(17)8-19-7-12/h2-8,10H,9H2,1H3,(H,20,21)/t10-/m1/s1. The molecule has 0 aliphatic rings. The summed E-state index contributed by atoms with van der Waals surface area (Å²) >= 11 is 9.04. The van der Waals surface area contributed by atoms with E-state index in [-0.39, 0.29) is 24.1 Å². The van der Waals surface area contributed by atoms with Crippen LogP contribution in [0.3, 0.4) is 0 Å². The van der Waals surface area contributed by atoms with Gasteiger partial charge in [0.15, 0.2) is 6.61 Å². The summed E-state index contributed by atoms with van der Waals surface area (Å²) in [4.78, 5) is 27.5. The molecule has 0 radical (unpaired) electrons. The number of rotatable bonds is 5. The fraction of sp³-hybridized carbons (Fsp3) is 0.188. The van der Waals surface area contributed by atoms with E-state index in [4.69, 9.17) is 16.3 Å². The summed E-state index contributed by atoms with van der Waals surface area (Å²) in [6, 6.07) is 8.51. The molecule has 1 N–H and O–H groups in total. The van der Waals surface area contributed by atoms with E-state index < -0.39 is 5.97 Å². The molecule has 0 spiro atoms. The van der Waals surface area contributed by atoms with Gasteiger partial charge in [-0.05, 0) is 46.6 Å². The first-order chi connectivity index (χ1) is 11.0. The first kappa shape index (κ1) is 17.4. The zero-order chi connectivity index (χ0) is 16.8. The van der Waals surface area contributed by atoms with Crippen molar-refractivity contribution < 1.29 is 14.3 Å². The van der Waals surface area contributed by atoms with Gasteiger partial charge in [-0.3, -0.25) is 9.78 Å². The van der Waals surface area contributed by atoms with Crippen LogP contribution in [0, 0.1) is 0 Å². The van der Waals surface area contributed by atoms with Crippen molar-refractivity contribution in [2.75, 3.05) is 6.61 Å². The fourth-order valence-electron chi connectivity index (χ4n) is 1.86. The minimum Gasteiger partial charge on any atom is -0.452 e. The second kappa shape index (κ2) is 8.08. The average molecular weight is 398 g/mol. The Labute approximate surface area is 147 Å². The van der Waals surface area contributed by atoms with Gasteiger partial charge in [-0.2, -0.15) is 0 Å². The minimum absolute atomic E-state index is 0.217. The lowest BCUT2D eigenvalue weighted by Gasteiger charge is -2.14. The van der Waals surface area contributed by atoms with Gasteiger partial charge >= 0.3 is 5.97 Å². The lowest BCUT2D eigenvalue weighted by Crippen LogP contribution is -2.31. The number of amides is 1. The number of ether oxygens (including phenoxy) is 1. The number of aromatic nitrogens is 1. The van der Waals surface area contributed by atoms with Gasteiger partial charge in [-0.15, -0.1) is 0 Å². The molecule has 2 aromatic rings. The van der Waals surface area contributed by atoms with Crippen LogP contribution in [-0.2, 0) is 9.53 Å². The minimum atomic E-state index is -0.604. The van der Waals surface area contributed by atoms with Gasteiger partial charge in [0.25, 0.3) is 5.91 Å². The van der Waals surface area contributed by atoms with E-state index in [1.165, 1.54) is 6.20 Å². The SMILES string of the molecule is C[C@@H](NC(=O)COC(=O)c1cncc(Br)c1)c1ccc(Cl)cc1. The molecule has 5 nitrogen and oxygen atoms in total. The highest BCUT2D eigenvalue weighted by Gasteiger charge is 2.13. The van der Waals surface area contributed by atoms with Crippen LogP contribution in [-0.4, -0.2) is 23.5 Å². The Morgan fingerprint density at radius 2 is 2.00 bits per heavy atom. The quantitative estimate of drug-likeness (QED) is 0.784. The number of carbonyl (C=O) groups is 2. The predicted octanol–water partition coefficient (Wildman–Crippen LogP) is 3.53. The number of hydrogen-bond donors (Lipinski definition) is 1. The molecule has 0 saturated carbocycles. The van der Waals surface area contributed by atoms with Crippen molar-refractivity contribution in [1.29, 1.82) is 0 Å². The molecule has 0 aliphatic heterocycles. The van der Waals surface area contributed by atoms with Gasteiger partial charge in [0, 0.05) is 21.9 Å². The molecule has 1 atom stereocenters. The lowest BCUT2D eigenvalue weighted by molar-refractivity contribution is -0.124. The van der Waals surface area contributed by atoms with Crippen LogP contribution < -0.4 is 5.32 Å². The number of carbonyl (C=O) groups excluding carboxylic acids is 2. The Bertz CT molecular complexity index is 707. The van der Waals surface area contributed by atoms with E-state index in [1.54, 1.807) is 24.4 Å². The Morgan fingerprint density at radius 1 is 1.30 bits per heavy atom. The maximum absolute atomic E-state index is 11.9. The van der Waals surface area contributed by atoms with Gasteiger partial charge in [-0.25, -0.2) is 4.79 Å². The molecule has 0 unspecified atom stereocenters. The number of nitrogens with zero attached hydrogens (tertiary/aromatic N) is 1. The highest BCUT2D eigenvalue weighted by molar-refractivity contribution is 9.10. The van der Waals surface area contributed by atoms with Crippen molar-refractivity contribution in [2.45, 2.75) is 13.0 Å². The molecule has 120 valence electrons. The summed E-state index contributed by atoms with van der Waals surface area (Å²) in [6.07, 6.45) is 2.93. The molecule has 2 rings (SSSR count). The zero-order valence-corrected chi connectivity index (χ0v) is 14.6. The van der Waals surface area contributed by atoms with Crippen molar-refractivity contribution >= 4 is 39.4 Å². The Kier molecular flexibility index (Phi) is 6.12. The number of nitrogens with one attached hydrogen (secondary N) is 1. The van der Waals surface area contributed by atoms with E-state index in [0.29, 0.717) is 9.50 Å². The maximum Gasteiger partial charge on any atom is 0.340 e. The second-order valence-corrected chi connectivity index (χ2v) is 6.16. The Balaban J connectivity index is 1.85. The van der Waals surface area contributed by atoms with Gasteiger partial charge in [0.2, 0.25) is 0 Å². The number of halogens is 2. The van der Waals surface area contributed by atoms with E-state index in [0.717, 1.165) is 5.56 Å².